The number of hydrogen-bond donors (Lipinski definition) is 0. The first-order valence-corrected chi connectivity index (χ1v) is 11.2. The third-order valence-electron chi connectivity index (χ3n) is 4.08. The van der Waals surface area contributed by atoms with E-state index in [1.807, 2.05) is 0 Å². The highest BCUT2D eigenvalue weighted by Gasteiger charge is 2.12. The molecule has 0 amide bonds. The van der Waals surface area contributed by atoms with Crippen molar-refractivity contribution in [1.29, 1.82) is 0 Å². The molecular formula is C23H35P. The molecule has 0 radical (unpaired) electrons. The van der Waals surface area contributed by atoms with Gasteiger partial charge in [0.25, 0.3) is 0 Å². The summed E-state index contributed by atoms with van der Waals surface area (Å²) in [4.78, 5) is 0. The third kappa shape index (κ3) is 8.65. The Kier molecular flexibility index (Phi) is 12.4. The molecule has 0 aliphatic rings. The zero-order chi connectivity index (χ0) is 17.5. The normalized spacial score (nSPS) is 10.3. The summed E-state index contributed by atoms with van der Waals surface area (Å²) in [5.41, 5.74) is 0. The molecule has 0 atom stereocenters. The number of unbranched alkanes of at least 4 members (excludes halogenated alkanes) is 5. The van der Waals surface area contributed by atoms with Gasteiger partial charge in [0.05, 0.1) is 0 Å². The van der Waals surface area contributed by atoms with E-state index in [2.05, 4.69) is 81.4 Å². The number of hydrogen-bond acceptors (Lipinski definition) is 0. The van der Waals surface area contributed by atoms with Crippen molar-refractivity contribution >= 4 is 18.5 Å². The quantitative estimate of drug-likeness (QED) is 0.343. The van der Waals surface area contributed by atoms with Gasteiger partial charge in [-0.05, 0) is 31.1 Å². The Morgan fingerprint density at radius 3 is 1.38 bits per heavy atom. The van der Waals surface area contributed by atoms with Crippen LogP contribution in [0.2, 0.25) is 0 Å². The maximum Gasteiger partial charge on any atom is -0.0195 e. The smallest absolute Gasteiger partial charge is 0.0195 e. The van der Waals surface area contributed by atoms with Gasteiger partial charge in [-0.1, -0.05) is 120 Å². The molecule has 0 aliphatic heterocycles. The van der Waals surface area contributed by atoms with E-state index >= 15 is 0 Å². The van der Waals surface area contributed by atoms with Gasteiger partial charge >= 0.3 is 0 Å². The van der Waals surface area contributed by atoms with Crippen molar-refractivity contribution in [2.24, 2.45) is 0 Å². The summed E-state index contributed by atoms with van der Waals surface area (Å²) in [6, 6.07) is 22.0. The van der Waals surface area contributed by atoms with Gasteiger partial charge in [0.1, 0.15) is 0 Å². The van der Waals surface area contributed by atoms with E-state index in [0.29, 0.717) is 0 Å². The maximum absolute atomic E-state index is 2.29. The molecule has 1 heteroatoms. The van der Waals surface area contributed by atoms with Crippen LogP contribution in [0.25, 0.3) is 0 Å². The van der Waals surface area contributed by atoms with Gasteiger partial charge in [-0.3, -0.25) is 0 Å². The van der Waals surface area contributed by atoms with Gasteiger partial charge in [-0.25, -0.2) is 0 Å². The van der Waals surface area contributed by atoms with Crippen LogP contribution in [0.15, 0.2) is 60.7 Å². The average molecular weight is 343 g/mol. The molecule has 0 saturated carbocycles. The second-order valence-corrected chi connectivity index (χ2v) is 8.57. The van der Waals surface area contributed by atoms with Crippen LogP contribution in [-0.2, 0) is 0 Å². The molecule has 2 aromatic rings. The SMILES string of the molecule is CCCCC.CCCCCCP(c1ccccc1)c1ccccc1. The van der Waals surface area contributed by atoms with E-state index in [4.69, 9.17) is 0 Å². The van der Waals surface area contributed by atoms with E-state index < -0.39 is 0 Å². The van der Waals surface area contributed by atoms with Crippen LogP contribution in [-0.4, -0.2) is 6.16 Å². The molecule has 2 aromatic carbocycles. The molecule has 0 spiro atoms. The van der Waals surface area contributed by atoms with Crippen LogP contribution in [0.3, 0.4) is 0 Å². The van der Waals surface area contributed by atoms with Crippen LogP contribution < -0.4 is 10.6 Å². The van der Waals surface area contributed by atoms with E-state index in [1.165, 1.54) is 61.7 Å². The van der Waals surface area contributed by atoms with Crippen molar-refractivity contribution in [2.75, 3.05) is 6.16 Å². The monoisotopic (exact) mass is 342 g/mol. The molecule has 0 bridgehead atoms. The summed E-state index contributed by atoms with van der Waals surface area (Å²) in [6.07, 6.45) is 10.8. The summed E-state index contributed by atoms with van der Waals surface area (Å²) >= 11 is 0. The van der Waals surface area contributed by atoms with Gasteiger partial charge in [0, 0.05) is 0 Å². The molecule has 0 unspecified atom stereocenters. The van der Waals surface area contributed by atoms with Crippen molar-refractivity contribution in [1.82, 2.24) is 0 Å². The Morgan fingerprint density at radius 1 is 0.542 bits per heavy atom. The molecule has 0 aromatic heterocycles. The Balaban J connectivity index is 0.000000505. The second kappa shape index (κ2) is 14.2. The Hall–Kier alpha value is -1.13. The zero-order valence-electron chi connectivity index (χ0n) is 15.9. The number of benzene rings is 2. The van der Waals surface area contributed by atoms with Crippen LogP contribution in [0.4, 0.5) is 0 Å². The largest absolute Gasteiger partial charge is 0.0654 e. The van der Waals surface area contributed by atoms with Crippen LogP contribution in [0.5, 0.6) is 0 Å². The van der Waals surface area contributed by atoms with Gasteiger partial charge in [0.2, 0.25) is 0 Å². The molecule has 0 N–H and O–H groups in total. The third-order valence-corrected chi connectivity index (χ3v) is 6.68. The first-order valence-electron chi connectivity index (χ1n) is 9.71. The lowest BCUT2D eigenvalue weighted by molar-refractivity contribution is 0.705. The Bertz CT molecular complexity index is 450. The highest BCUT2D eigenvalue weighted by molar-refractivity contribution is 7.73. The Labute approximate surface area is 151 Å². The molecule has 2 rings (SSSR count). The minimum Gasteiger partial charge on any atom is -0.0654 e. The lowest BCUT2D eigenvalue weighted by Crippen LogP contribution is -2.13. The molecule has 0 saturated heterocycles. The summed E-state index contributed by atoms with van der Waals surface area (Å²) in [5.74, 6) is 0. The second-order valence-electron chi connectivity index (χ2n) is 6.24. The van der Waals surface area contributed by atoms with Crippen molar-refractivity contribution in [2.45, 2.75) is 65.7 Å². The molecule has 0 fully saturated rings. The first kappa shape index (κ1) is 20.9. The molecule has 0 aliphatic carbocycles. The molecule has 24 heavy (non-hydrogen) atoms. The fraction of sp³-hybridized carbons (Fsp3) is 0.478. The van der Waals surface area contributed by atoms with Gasteiger partial charge in [-0.15, -0.1) is 0 Å². The van der Waals surface area contributed by atoms with E-state index in [9.17, 15) is 0 Å². The fourth-order valence-corrected chi connectivity index (χ4v) is 5.09. The minimum atomic E-state index is -0.167. The van der Waals surface area contributed by atoms with E-state index in [-0.39, 0.29) is 7.92 Å². The predicted octanol–water partition coefficient (Wildman–Crippen LogP) is 6.90. The van der Waals surface area contributed by atoms with Gasteiger partial charge in [0.15, 0.2) is 0 Å². The van der Waals surface area contributed by atoms with Gasteiger partial charge in [-0.2, -0.15) is 0 Å². The lowest BCUT2D eigenvalue weighted by Gasteiger charge is -2.18. The predicted molar refractivity (Wildman–Crippen MR) is 113 cm³/mol. The van der Waals surface area contributed by atoms with Crippen LogP contribution >= 0.6 is 7.92 Å². The van der Waals surface area contributed by atoms with E-state index in [1.54, 1.807) is 0 Å². The van der Waals surface area contributed by atoms with E-state index in [0.717, 1.165) is 0 Å². The molecule has 0 heterocycles. The molecule has 0 nitrogen and oxygen atoms in total. The van der Waals surface area contributed by atoms with Gasteiger partial charge < -0.3 is 0 Å². The molecular weight excluding hydrogens is 307 g/mol. The zero-order valence-corrected chi connectivity index (χ0v) is 16.8. The lowest BCUT2D eigenvalue weighted by atomic mass is 10.2. The maximum atomic E-state index is 2.29. The number of rotatable bonds is 9. The van der Waals surface area contributed by atoms with Crippen LogP contribution in [0, 0.1) is 0 Å². The summed E-state index contributed by atoms with van der Waals surface area (Å²) in [5, 5.41) is 3.03. The first-order chi connectivity index (χ1) is 11.8. The minimum absolute atomic E-state index is 0.167. The standard InChI is InChI=1S/C18H23P.C5H12/c1-2-3-4-11-16-19(17-12-7-5-8-13-17)18-14-9-6-10-15-18;1-3-5-4-2/h5-10,12-15H,2-4,11,16H2,1H3;3-5H2,1-2H3. The van der Waals surface area contributed by atoms with Crippen molar-refractivity contribution in [3.8, 4) is 0 Å². The highest BCUT2D eigenvalue weighted by Crippen LogP contribution is 2.34. The summed E-state index contributed by atoms with van der Waals surface area (Å²) in [7, 11) is -0.167. The van der Waals surface area contributed by atoms with Crippen molar-refractivity contribution in [3.05, 3.63) is 60.7 Å². The summed E-state index contributed by atoms with van der Waals surface area (Å²) in [6.45, 7) is 6.70. The molecule has 132 valence electrons. The average Bonchev–Trinajstić information content (AvgIpc) is 2.64. The topological polar surface area (TPSA) is 0 Å². The fourth-order valence-electron chi connectivity index (χ4n) is 2.67. The highest BCUT2D eigenvalue weighted by atomic mass is 31.1. The van der Waals surface area contributed by atoms with Crippen LogP contribution in [0.1, 0.15) is 65.7 Å². The summed E-state index contributed by atoms with van der Waals surface area (Å²) < 4.78 is 0. The van der Waals surface area contributed by atoms with Crippen molar-refractivity contribution in [3.63, 3.8) is 0 Å². The van der Waals surface area contributed by atoms with Crippen molar-refractivity contribution < 1.29 is 0 Å². The Morgan fingerprint density at radius 2 is 1.00 bits per heavy atom.